The standard InChI is InChI=1S/C36H41NO8/c1-35-15-13-23(39)17-21(35)3-6-25-26-7-10-32(36(26,2)16-14-27(25)35)45-34(41)12-11-33(40)43-20-42-24-5-9-29-31(19-24)44-30-18-22(38)4-8-28(30)37-29/h3-5,8-9,18-19,23,25-27,32,39H,6-7,10-17,20H2,1-2H3/t23-,25-,26-,27-,32-,35-,36-/m0/s1. The van der Waals surface area contributed by atoms with Gasteiger partial charge in [0.25, 0.3) is 0 Å². The van der Waals surface area contributed by atoms with E-state index in [-0.39, 0.29) is 54.1 Å². The van der Waals surface area contributed by atoms with Crippen molar-refractivity contribution in [2.45, 2.75) is 90.3 Å². The second kappa shape index (κ2) is 11.6. The van der Waals surface area contributed by atoms with Gasteiger partial charge in [-0.3, -0.25) is 14.4 Å². The average molecular weight is 616 g/mol. The van der Waals surface area contributed by atoms with E-state index in [9.17, 15) is 19.5 Å². The first-order chi connectivity index (χ1) is 21.6. The third kappa shape index (κ3) is 5.53. The van der Waals surface area contributed by atoms with Crippen LogP contribution in [0.1, 0.15) is 78.1 Å². The van der Waals surface area contributed by atoms with E-state index in [4.69, 9.17) is 18.6 Å². The van der Waals surface area contributed by atoms with Gasteiger partial charge in [0.2, 0.25) is 6.79 Å². The Morgan fingerprint density at radius 2 is 1.84 bits per heavy atom. The first kappa shape index (κ1) is 30.0. The van der Waals surface area contributed by atoms with Gasteiger partial charge in [-0.1, -0.05) is 25.5 Å². The summed E-state index contributed by atoms with van der Waals surface area (Å²) in [7, 11) is 0. The zero-order chi connectivity index (χ0) is 31.3. The molecule has 6 aliphatic rings. The Bertz CT molecular complexity index is 1680. The van der Waals surface area contributed by atoms with Gasteiger partial charge in [-0.25, -0.2) is 4.98 Å². The number of aliphatic hydroxyl groups excluding tert-OH is 1. The third-order valence-corrected chi connectivity index (χ3v) is 11.6. The van der Waals surface area contributed by atoms with Crippen molar-refractivity contribution in [1.82, 2.24) is 4.98 Å². The molecule has 7 rings (SSSR count). The molecule has 7 atom stereocenters. The molecule has 3 saturated carbocycles. The zero-order valence-corrected chi connectivity index (χ0v) is 26.0. The van der Waals surface area contributed by atoms with Crippen LogP contribution in [0.15, 0.2) is 57.3 Å². The van der Waals surface area contributed by atoms with Crippen molar-refractivity contribution in [2.24, 2.45) is 28.6 Å². The molecule has 0 unspecified atom stereocenters. The molecule has 3 fully saturated rings. The molecule has 0 bridgehead atoms. The molecule has 9 heteroatoms. The Morgan fingerprint density at radius 3 is 2.71 bits per heavy atom. The van der Waals surface area contributed by atoms with Gasteiger partial charge in [0, 0.05) is 17.5 Å². The van der Waals surface area contributed by atoms with Crippen molar-refractivity contribution in [2.75, 3.05) is 6.79 Å². The number of aromatic nitrogens is 1. The van der Waals surface area contributed by atoms with E-state index in [1.165, 1.54) is 17.7 Å². The van der Waals surface area contributed by atoms with Crippen molar-refractivity contribution in [3.8, 4) is 17.2 Å². The van der Waals surface area contributed by atoms with E-state index in [0.29, 0.717) is 46.1 Å². The van der Waals surface area contributed by atoms with E-state index >= 15 is 0 Å². The maximum atomic E-state index is 12.9. The number of ether oxygens (including phenoxy) is 3. The summed E-state index contributed by atoms with van der Waals surface area (Å²) >= 11 is 0. The number of hydrogen-bond acceptors (Lipinski definition) is 9. The lowest BCUT2D eigenvalue weighted by molar-refractivity contribution is -0.163. The lowest BCUT2D eigenvalue weighted by Crippen LogP contribution is -2.51. The van der Waals surface area contributed by atoms with Crippen LogP contribution in [0.5, 0.6) is 5.75 Å². The minimum atomic E-state index is -0.542. The van der Waals surface area contributed by atoms with Crippen molar-refractivity contribution in [3.63, 3.8) is 0 Å². The van der Waals surface area contributed by atoms with Crippen LogP contribution in [0.4, 0.5) is 0 Å². The van der Waals surface area contributed by atoms with Gasteiger partial charge in [-0.2, -0.15) is 0 Å². The first-order valence-electron chi connectivity index (χ1n) is 16.3. The number of benzene rings is 2. The number of rotatable bonds is 7. The molecule has 1 N–H and O–H groups in total. The monoisotopic (exact) mass is 615 g/mol. The number of hydrogen-bond donors (Lipinski definition) is 1. The fraction of sp³-hybridized carbons (Fsp3) is 0.556. The van der Waals surface area contributed by atoms with Crippen LogP contribution in [-0.4, -0.2) is 41.0 Å². The van der Waals surface area contributed by atoms with Gasteiger partial charge >= 0.3 is 11.9 Å². The van der Waals surface area contributed by atoms with Crippen molar-refractivity contribution in [3.05, 3.63) is 58.3 Å². The van der Waals surface area contributed by atoms with E-state index in [1.54, 1.807) is 24.3 Å². The van der Waals surface area contributed by atoms with Gasteiger partial charge in [-0.05, 0) is 98.8 Å². The predicted octanol–water partition coefficient (Wildman–Crippen LogP) is 6.19. The third-order valence-electron chi connectivity index (χ3n) is 11.6. The summed E-state index contributed by atoms with van der Waals surface area (Å²) in [5.41, 5.74) is 3.03. The maximum absolute atomic E-state index is 12.9. The molecule has 0 radical (unpaired) electrons. The number of fused-ring (bicyclic) bond motifs is 7. The molecule has 1 aromatic carbocycles. The fourth-order valence-electron chi connectivity index (χ4n) is 9.12. The Hall–Kier alpha value is -3.72. The highest BCUT2D eigenvalue weighted by Gasteiger charge is 2.59. The Labute approximate surface area is 262 Å². The van der Waals surface area contributed by atoms with Crippen molar-refractivity contribution >= 4 is 23.0 Å². The van der Waals surface area contributed by atoms with Gasteiger partial charge in [0.05, 0.1) is 18.9 Å². The summed E-state index contributed by atoms with van der Waals surface area (Å²) in [5, 5.41) is 10.3. The largest absolute Gasteiger partial charge is 0.462 e. The number of allylic oxidation sites excluding steroid dienone is 1. The molecule has 0 spiro atoms. The second-order valence-corrected chi connectivity index (χ2v) is 14.0. The van der Waals surface area contributed by atoms with Crippen molar-refractivity contribution < 1.29 is 33.3 Å². The van der Waals surface area contributed by atoms with E-state index in [1.807, 2.05) is 0 Å². The van der Waals surface area contributed by atoms with Crippen LogP contribution in [0.2, 0.25) is 0 Å². The molecule has 0 aromatic heterocycles. The normalized spacial score (nSPS) is 32.2. The van der Waals surface area contributed by atoms with E-state index < -0.39 is 5.97 Å². The summed E-state index contributed by atoms with van der Waals surface area (Å²) in [4.78, 5) is 41.4. The molecule has 5 aliphatic carbocycles. The second-order valence-electron chi connectivity index (χ2n) is 14.0. The van der Waals surface area contributed by atoms with Crippen LogP contribution >= 0.6 is 0 Å². The van der Waals surface area contributed by atoms with E-state index in [0.717, 1.165) is 51.4 Å². The molecule has 0 amide bonds. The fourth-order valence-corrected chi connectivity index (χ4v) is 9.12. The number of carbonyl (C=O) groups is 2. The van der Waals surface area contributed by atoms with Crippen LogP contribution < -0.4 is 10.2 Å². The molecule has 9 nitrogen and oxygen atoms in total. The molecule has 1 heterocycles. The molecule has 1 aliphatic heterocycles. The SMILES string of the molecule is C[C@]12CC[C@H]3[C@@H](CC=C4C[C@@H](O)CC[C@@]43C)[C@@H]1CC[C@@H]2OC(=O)CCC(=O)OCOc1ccc2nc3ccc(=O)cc-3oc2c1. The molecule has 1 aromatic rings. The Morgan fingerprint density at radius 1 is 1.00 bits per heavy atom. The Kier molecular flexibility index (Phi) is 7.71. The van der Waals surface area contributed by atoms with Gasteiger partial charge in [0.1, 0.15) is 23.1 Å². The first-order valence-corrected chi connectivity index (χ1v) is 16.3. The van der Waals surface area contributed by atoms with Gasteiger partial charge in [0.15, 0.2) is 16.8 Å². The smallest absolute Gasteiger partial charge is 0.309 e. The highest BCUT2D eigenvalue weighted by molar-refractivity contribution is 5.78. The van der Waals surface area contributed by atoms with Gasteiger partial charge < -0.3 is 23.7 Å². The highest BCUT2D eigenvalue weighted by Crippen LogP contribution is 2.65. The summed E-state index contributed by atoms with van der Waals surface area (Å²) in [5.74, 6) is 1.61. The molecular weight excluding hydrogens is 574 g/mol. The minimum absolute atomic E-state index is 0.0378. The summed E-state index contributed by atoms with van der Waals surface area (Å²) in [6.45, 7) is 4.41. The number of aliphatic hydroxyl groups is 1. The molecule has 0 saturated heterocycles. The minimum Gasteiger partial charge on any atom is -0.462 e. The van der Waals surface area contributed by atoms with E-state index in [2.05, 4.69) is 24.9 Å². The zero-order valence-electron chi connectivity index (χ0n) is 26.0. The van der Waals surface area contributed by atoms with Crippen LogP contribution in [0, 0.1) is 28.6 Å². The lowest BCUT2D eigenvalue weighted by atomic mass is 9.48. The maximum Gasteiger partial charge on any atom is 0.309 e. The summed E-state index contributed by atoms with van der Waals surface area (Å²) < 4.78 is 22.6. The van der Waals surface area contributed by atoms with Crippen molar-refractivity contribution in [1.29, 1.82) is 0 Å². The highest BCUT2D eigenvalue weighted by atomic mass is 16.7. The van der Waals surface area contributed by atoms with Gasteiger partial charge in [-0.15, -0.1) is 0 Å². The van der Waals surface area contributed by atoms with Crippen LogP contribution in [-0.2, 0) is 19.1 Å². The lowest BCUT2D eigenvalue weighted by Gasteiger charge is -2.57. The topological polar surface area (TPSA) is 125 Å². The average Bonchev–Trinajstić information content (AvgIpc) is 3.35. The molecule has 45 heavy (non-hydrogen) atoms. The van der Waals surface area contributed by atoms with Crippen LogP contribution in [0.25, 0.3) is 22.6 Å². The number of esters is 2. The Balaban J connectivity index is 0.892. The summed E-state index contributed by atoms with van der Waals surface area (Å²) in [6.07, 6.45) is 9.86. The molecule has 238 valence electrons. The number of nitrogens with zero attached hydrogens (tertiary/aromatic N) is 1. The quantitative estimate of drug-likeness (QED) is 0.143. The molecular formula is C36H41NO8. The predicted molar refractivity (Wildman–Crippen MR) is 165 cm³/mol. The number of carbonyl (C=O) groups excluding carboxylic acids is 2. The van der Waals surface area contributed by atoms with Crippen LogP contribution in [0.3, 0.4) is 0 Å². The summed E-state index contributed by atoms with van der Waals surface area (Å²) in [6, 6.07) is 9.46.